The minimum absolute atomic E-state index is 0. The molecule has 0 aliphatic rings. The molecule has 0 N–H and O–H groups in total. The van der Waals surface area contributed by atoms with Crippen molar-refractivity contribution in [3.8, 4) is 0 Å². The minimum Gasteiger partial charge on any atom is -0.312 e. The smallest absolute Gasteiger partial charge is 0.312 e. The van der Waals surface area contributed by atoms with Crippen molar-refractivity contribution in [2.24, 2.45) is 0 Å². The van der Waals surface area contributed by atoms with Crippen LogP contribution in [0.3, 0.4) is 0 Å². The molecule has 0 atom stereocenters. The van der Waals surface area contributed by atoms with Crippen LogP contribution in [0.25, 0.3) is 0 Å². The topological polar surface area (TPSA) is 3.24 Å². The SMILES string of the molecule is CN(C)C.[Zr+4].c1cc[cH-]c1.c1cc[cH-]c1. The molecule has 0 heterocycles. The summed E-state index contributed by atoms with van der Waals surface area (Å²) in [5.41, 5.74) is 0. The van der Waals surface area contributed by atoms with Gasteiger partial charge in [-0.3, -0.25) is 0 Å². The molecular weight excluding hydrogens is 261 g/mol. The van der Waals surface area contributed by atoms with Crippen molar-refractivity contribution in [3.05, 3.63) is 60.7 Å². The first-order valence-corrected chi connectivity index (χ1v) is 4.67. The maximum Gasteiger partial charge on any atom is 4.00 e. The van der Waals surface area contributed by atoms with E-state index in [0.717, 1.165) is 0 Å². The Morgan fingerprint density at radius 2 is 0.867 bits per heavy atom. The molecular formula is C13H19NZr+2. The molecule has 0 aliphatic carbocycles. The summed E-state index contributed by atoms with van der Waals surface area (Å²) in [6.07, 6.45) is 0. The monoisotopic (exact) mass is 279 g/mol. The Kier molecular flexibility index (Phi) is 15.3. The van der Waals surface area contributed by atoms with Crippen molar-refractivity contribution < 1.29 is 26.2 Å². The zero-order valence-corrected chi connectivity index (χ0v) is 12.2. The van der Waals surface area contributed by atoms with E-state index in [0.29, 0.717) is 0 Å². The van der Waals surface area contributed by atoms with Crippen molar-refractivity contribution in [3.63, 3.8) is 0 Å². The summed E-state index contributed by atoms with van der Waals surface area (Å²) in [7, 11) is 6.00. The van der Waals surface area contributed by atoms with Crippen molar-refractivity contribution in [1.82, 2.24) is 4.90 Å². The Bertz CT molecular complexity index is 182. The van der Waals surface area contributed by atoms with Crippen molar-refractivity contribution in [1.29, 1.82) is 0 Å². The maximum absolute atomic E-state index is 2.00. The Hall–Kier alpha value is -0.457. The van der Waals surface area contributed by atoms with Gasteiger partial charge in [0.15, 0.2) is 0 Å². The quantitative estimate of drug-likeness (QED) is 0.671. The van der Waals surface area contributed by atoms with Crippen LogP contribution in [0, 0.1) is 0 Å². The van der Waals surface area contributed by atoms with E-state index < -0.39 is 0 Å². The molecule has 0 spiro atoms. The number of rotatable bonds is 0. The summed E-state index contributed by atoms with van der Waals surface area (Å²) in [6.45, 7) is 0. The van der Waals surface area contributed by atoms with E-state index in [-0.39, 0.29) is 26.2 Å². The molecule has 0 fully saturated rings. The molecule has 15 heavy (non-hydrogen) atoms. The maximum atomic E-state index is 2.00. The summed E-state index contributed by atoms with van der Waals surface area (Å²) < 4.78 is 0. The number of hydrogen-bond donors (Lipinski definition) is 0. The van der Waals surface area contributed by atoms with Crippen LogP contribution in [-0.4, -0.2) is 26.0 Å². The zero-order valence-electron chi connectivity index (χ0n) is 9.72. The van der Waals surface area contributed by atoms with Gasteiger partial charge in [0.05, 0.1) is 0 Å². The van der Waals surface area contributed by atoms with Gasteiger partial charge in [0.25, 0.3) is 0 Å². The van der Waals surface area contributed by atoms with Gasteiger partial charge in [-0.1, -0.05) is 0 Å². The van der Waals surface area contributed by atoms with Crippen molar-refractivity contribution in [2.45, 2.75) is 0 Å². The van der Waals surface area contributed by atoms with Gasteiger partial charge in [-0.2, -0.15) is 36.4 Å². The van der Waals surface area contributed by atoms with Gasteiger partial charge in [0.2, 0.25) is 0 Å². The molecule has 0 aromatic heterocycles. The molecule has 2 heteroatoms. The number of hydrogen-bond acceptors (Lipinski definition) is 1. The van der Waals surface area contributed by atoms with Crippen LogP contribution in [0.1, 0.15) is 0 Å². The van der Waals surface area contributed by atoms with Gasteiger partial charge in [-0.05, 0) is 21.1 Å². The molecule has 0 saturated carbocycles. The van der Waals surface area contributed by atoms with E-state index in [4.69, 9.17) is 0 Å². The summed E-state index contributed by atoms with van der Waals surface area (Å²) in [5, 5.41) is 0. The normalized spacial score (nSPS) is 7.73. The fraction of sp³-hybridized carbons (Fsp3) is 0.231. The summed E-state index contributed by atoms with van der Waals surface area (Å²) in [4.78, 5) is 2.00. The van der Waals surface area contributed by atoms with Crippen LogP contribution in [0.15, 0.2) is 60.7 Å². The van der Waals surface area contributed by atoms with Crippen molar-refractivity contribution >= 4 is 0 Å². The third kappa shape index (κ3) is 19.8. The predicted octanol–water partition coefficient (Wildman–Crippen LogP) is 2.99. The second-order valence-electron chi connectivity index (χ2n) is 3.27. The van der Waals surface area contributed by atoms with Gasteiger partial charge >= 0.3 is 26.2 Å². The average Bonchev–Trinajstić information content (AvgIpc) is 2.83. The minimum atomic E-state index is 0. The zero-order chi connectivity index (χ0) is 10.6. The summed E-state index contributed by atoms with van der Waals surface area (Å²) in [6, 6.07) is 20.0. The summed E-state index contributed by atoms with van der Waals surface area (Å²) >= 11 is 0. The second-order valence-corrected chi connectivity index (χ2v) is 3.27. The Labute approximate surface area is 113 Å². The molecule has 0 radical (unpaired) electrons. The van der Waals surface area contributed by atoms with Gasteiger partial charge in [-0.25, -0.2) is 24.3 Å². The standard InChI is InChI=1S/2C5H5.C3H9N.Zr/c2*1-2-4-5-3-1;1-4(2)3;/h2*1-5H;1-3H3;/q2*-1;;+4. The molecule has 2 aromatic rings. The molecule has 0 bridgehead atoms. The predicted molar refractivity (Wildman–Crippen MR) is 63.7 cm³/mol. The molecule has 0 amide bonds. The van der Waals surface area contributed by atoms with Crippen LogP contribution < -0.4 is 0 Å². The first-order valence-electron chi connectivity index (χ1n) is 4.67. The molecule has 0 aliphatic heterocycles. The van der Waals surface area contributed by atoms with Crippen LogP contribution in [0.5, 0.6) is 0 Å². The van der Waals surface area contributed by atoms with Gasteiger partial charge in [0, 0.05) is 0 Å². The van der Waals surface area contributed by atoms with Gasteiger partial charge in [-0.15, -0.1) is 0 Å². The van der Waals surface area contributed by atoms with E-state index >= 15 is 0 Å². The van der Waals surface area contributed by atoms with Crippen LogP contribution in [0.4, 0.5) is 0 Å². The van der Waals surface area contributed by atoms with Crippen LogP contribution in [-0.2, 0) is 26.2 Å². The molecule has 2 rings (SSSR count). The molecule has 78 valence electrons. The third-order valence-electron chi connectivity index (χ3n) is 1.11. The fourth-order valence-corrected chi connectivity index (χ4v) is 0.642. The van der Waals surface area contributed by atoms with Crippen LogP contribution in [0.2, 0.25) is 0 Å². The Morgan fingerprint density at radius 1 is 0.667 bits per heavy atom. The third-order valence-corrected chi connectivity index (χ3v) is 1.11. The van der Waals surface area contributed by atoms with Gasteiger partial charge in [0.1, 0.15) is 0 Å². The van der Waals surface area contributed by atoms with E-state index in [2.05, 4.69) is 0 Å². The van der Waals surface area contributed by atoms with Crippen LogP contribution >= 0.6 is 0 Å². The van der Waals surface area contributed by atoms with Crippen molar-refractivity contribution in [2.75, 3.05) is 21.1 Å². The molecule has 0 unspecified atom stereocenters. The fourth-order valence-electron chi connectivity index (χ4n) is 0.642. The molecule has 1 nitrogen and oxygen atoms in total. The number of nitrogens with zero attached hydrogens (tertiary/aromatic N) is 1. The molecule has 0 saturated heterocycles. The first-order chi connectivity index (χ1) is 6.73. The summed E-state index contributed by atoms with van der Waals surface area (Å²) in [5.74, 6) is 0. The van der Waals surface area contributed by atoms with Gasteiger partial charge < -0.3 is 4.90 Å². The average molecular weight is 281 g/mol. The van der Waals surface area contributed by atoms with E-state index in [9.17, 15) is 0 Å². The van der Waals surface area contributed by atoms with E-state index in [1.165, 1.54) is 0 Å². The molecule has 2 aromatic carbocycles. The largest absolute Gasteiger partial charge is 4.00 e. The Morgan fingerprint density at radius 3 is 0.933 bits per heavy atom. The van der Waals surface area contributed by atoms with E-state index in [1.807, 2.05) is 86.7 Å². The second kappa shape index (κ2) is 13.5. The Balaban J connectivity index is 0. The van der Waals surface area contributed by atoms with E-state index in [1.54, 1.807) is 0 Å². The first kappa shape index (κ1) is 17.0.